The highest BCUT2D eigenvalue weighted by molar-refractivity contribution is 5.75. The SMILES string of the molecule is Cn1c(CC(NN)c2ccncc2F)nc2ccccc21. The second-order valence-electron chi connectivity index (χ2n) is 4.90. The molecule has 0 spiro atoms. The van der Waals surface area contributed by atoms with Gasteiger partial charge in [0.15, 0.2) is 0 Å². The van der Waals surface area contributed by atoms with Gasteiger partial charge >= 0.3 is 0 Å². The molecule has 108 valence electrons. The number of benzene rings is 1. The molecule has 3 aromatic rings. The molecular weight excluding hydrogens is 269 g/mol. The Bertz CT molecular complexity index is 768. The van der Waals surface area contributed by atoms with Crippen molar-refractivity contribution >= 4 is 11.0 Å². The van der Waals surface area contributed by atoms with Gasteiger partial charge < -0.3 is 4.57 Å². The highest BCUT2D eigenvalue weighted by atomic mass is 19.1. The van der Waals surface area contributed by atoms with Crippen molar-refractivity contribution in [1.82, 2.24) is 20.0 Å². The molecule has 2 aromatic heterocycles. The number of imidazole rings is 1. The van der Waals surface area contributed by atoms with E-state index in [2.05, 4.69) is 15.4 Å². The molecule has 1 aromatic carbocycles. The number of pyridine rings is 1. The molecule has 21 heavy (non-hydrogen) atoms. The molecule has 1 atom stereocenters. The van der Waals surface area contributed by atoms with Crippen molar-refractivity contribution in [3.8, 4) is 0 Å². The van der Waals surface area contributed by atoms with E-state index in [1.807, 2.05) is 35.9 Å². The lowest BCUT2D eigenvalue weighted by Crippen LogP contribution is -2.31. The summed E-state index contributed by atoms with van der Waals surface area (Å²) < 4.78 is 15.8. The van der Waals surface area contributed by atoms with E-state index >= 15 is 0 Å². The van der Waals surface area contributed by atoms with Crippen LogP contribution in [0.2, 0.25) is 0 Å². The van der Waals surface area contributed by atoms with E-state index in [4.69, 9.17) is 5.84 Å². The summed E-state index contributed by atoms with van der Waals surface area (Å²) in [5, 5.41) is 0. The zero-order chi connectivity index (χ0) is 14.8. The number of hydrazine groups is 1. The number of aryl methyl sites for hydroxylation is 1. The number of hydrogen-bond donors (Lipinski definition) is 2. The van der Waals surface area contributed by atoms with E-state index in [9.17, 15) is 4.39 Å². The summed E-state index contributed by atoms with van der Waals surface area (Å²) in [5.74, 6) is 6.06. The number of aromatic nitrogens is 3. The molecule has 0 fully saturated rings. The van der Waals surface area contributed by atoms with Gasteiger partial charge in [0.25, 0.3) is 0 Å². The predicted octanol–water partition coefficient (Wildman–Crippen LogP) is 1.85. The maximum atomic E-state index is 13.8. The van der Waals surface area contributed by atoms with E-state index in [-0.39, 0.29) is 11.9 Å². The first-order chi connectivity index (χ1) is 10.2. The summed E-state index contributed by atoms with van der Waals surface area (Å²) in [5.41, 5.74) is 5.10. The average molecular weight is 285 g/mol. The fourth-order valence-electron chi connectivity index (χ4n) is 2.49. The summed E-state index contributed by atoms with van der Waals surface area (Å²) in [6, 6.07) is 9.14. The normalized spacial score (nSPS) is 12.7. The Morgan fingerprint density at radius 3 is 2.86 bits per heavy atom. The maximum absolute atomic E-state index is 13.8. The Hall–Kier alpha value is -2.31. The zero-order valence-electron chi connectivity index (χ0n) is 11.6. The number of nitrogens with one attached hydrogen (secondary N) is 1. The van der Waals surface area contributed by atoms with Crippen molar-refractivity contribution in [2.24, 2.45) is 12.9 Å². The third-order valence-electron chi connectivity index (χ3n) is 3.65. The monoisotopic (exact) mass is 285 g/mol. The summed E-state index contributed by atoms with van der Waals surface area (Å²) >= 11 is 0. The van der Waals surface area contributed by atoms with E-state index in [0.29, 0.717) is 12.0 Å². The van der Waals surface area contributed by atoms with E-state index in [1.54, 1.807) is 12.3 Å². The Morgan fingerprint density at radius 1 is 1.33 bits per heavy atom. The molecule has 6 heteroatoms. The van der Waals surface area contributed by atoms with Crippen molar-refractivity contribution in [2.45, 2.75) is 12.5 Å². The number of para-hydroxylation sites is 2. The van der Waals surface area contributed by atoms with Gasteiger partial charge in [0.05, 0.1) is 23.3 Å². The molecule has 3 N–H and O–H groups in total. The molecule has 5 nitrogen and oxygen atoms in total. The van der Waals surface area contributed by atoms with Crippen LogP contribution in [-0.2, 0) is 13.5 Å². The molecule has 0 aliphatic carbocycles. The summed E-state index contributed by atoms with van der Waals surface area (Å²) in [6.07, 6.45) is 3.23. The number of nitrogens with zero attached hydrogens (tertiary/aromatic N) is 3. The minimum atomic E-state index is -0.376. The van der Waals surface area contributed by atoms with Gasteiger partial charge in [-0.2, -0.15) is 0 Å². The molecule has 0 amide bonds. The summed E-state index contributed by atoms with van der Waals surface area (Å²) in [4.78, 5) is 8.34. The van der Waals surface area contributed by atoms with Crippen molar-refractivity contribution in [3.05, 3.63) is 59.9 Å². The van der Waals surface area contributed by atoms with Gasteiger partial charge in [0.2, 0.25) is 0 Å². The molecule has 0 saturated heterocycles. The Kier molecular flexibility index (Phi) is 3.64. The first kappa shape index (κ1) is 13.7. The number of rotatable bonds is 4. The van der Waals surface area contributed by atoms with Crippen molar-refractivity contribution in [3.63, 3.8) is 0 Å². The molecule has 3 rings (SSSR count). The minimum absolute atomic E-state index is 0.358. The van der Waals surface area contributed by atoms with Crippen LogP contribution in [0.15, 0.2) is 42.7 Å². The van der Waals surface area contributed by atoms with Gasteiger partial charge in [-0.15, -0.1) is 0 Å². The van der Waals surface area contributed by atoms with Crippen LogP contribution in [0.1, 0.15) is 17.4 Å². The van der Waals surface area contributed by atoms with Gasteiger partial charge in [0.1, 0.15) is 11.6 Å². The smallest absolute Gasteiger partial charge is 0.146 e. The highest BCUT2D eigenvalue weighted by Crippen LogP contribution is 2.22. The Labute approximate surface area is 121 Å². The largest absolute Gasteiger partial charge is 0.331 e. The molecule has 0 saturated carbocycles. The number of nitrogens with two attached hydrogens (primary N) is 1. The van der Waals surface area contributed by atoms with Crippen molar-refractivity contribution < 1.29 is 4.39 Å². The third-order valence-corrected chi connectivity index (χ3v) is 3.65. The summed E-state index contributed by atoms with van der Waals surface area (Å²) in [6.45, 7) is 0. The molecule has 0 radical (unpaired) electrons. The van der Waals surface area contributed by atoms with Gasteiger partial charge in [-0.3, -0.25) is 16.3 Å². The van der Waals surface area contributed by atoms with Crippen LogP contribution in [0.3, 0.4) is 0 Å². The van der Waals surface area contributed by atoms with Gasteiger partial charge in [-0.25, -0.2) is 9.37 Å². The minimum Gasteiger partial charge on any atom is -0.331 e. The fourth-order valence-corrected chi connectivity index (χ4v) is 2.49. The lowest BCUT2D eigenvalue weighted by molar-refractivity contribution is 0.495. The maximum Gasteiger partial charge on any atom is 0.146 e. The standard InChI is InChI=1S/C15H16FN5/c1-21-14-5-3-2-4-12(14)19-15(21)8-13(20-17)10-6-7-18-9-11(10)16/h2-7,9,13,20H,8,17H2,1H3. The Balaban J connectivity index is 1.96. The number of halogens is 1. The molecule has 0 aliphatic rings. The van der Waals surface area contributed by atoms with Gasteiger partial charge in [0, 0.05) is 25.2 Å². The van der Waals surface area contributed by atoms with Gasteiger partial charge in [-0.05, 0) is 18.2 Å². The lowest BCUT2D eigenvalue weighted by Gasteiger charge is -2.16. The molecule has 2 heterocycles. The molecule has 0 aliphatic heterocycles. The van der Waals surface area contributed by atoms with Crippen LogP contribution in [0.25, 0.3) is 11.0 Å². The second-order valence-corrected chi connectivity index (χ2v) is 4.90. The Morgan fingerprint density at radius 2 is 2.14 bits per heavy atom. The third kappa shape index (κ3) is 2.51. The molecule has 0 bridgehead atoms. The zero-order valence-corrected chi connectivity index (χ0v) is 11.6. The quantitative estimate of drug-likeness (QED) is 0.567. The van der Waals surface area contributed by atoms with E-state index < -0.39 is 0 Å². The first-order valence-corrected chi connectivity index (χ1v) is 6.66. The van der Waals surface area contributed by atoms with Crippen LogP contribution < -0.4 is 11.3 Å². The highest BCUT2D eigenvalue weighted by Gasteiger charge is 2.18. The fraction of sp³-hybridized carbons (Fsp3) is 0.200. The molecular formula is C15H16FN5. The van der Waals surface area contributed by atoms with Crippen molar-refractivity contribution in [2.75, 3.05) is 0 Å². The predicted molar refractivity (Wildman–Crippen MR) is 78.7 cm³/mol. The number of fused-ring (bicyclic) bond motifs is 1. The van der Waals surface area contributed by atoms with Crippen molar-refractivity contribution in [1.29, 1.82) is 0 Å². The van der Waals surface area contributed by atoms with E-state index in [1.165, 1.54) is 6.20 Å². The number of hydrogen-bond acceptors (Lipinski definition) is 4. The molecule has 1 unspecified atom stereocenters. The second kappa shape index (κ2) is 5.59. The van der Waals surface area contributed by atoms with Crippen LogP contribution in [0.4, 0.5) is 4.39 Å². The first-order valence-electron chi connectivity index (χ1n) is 6.66. The van der Waals surface area contributed by atoms with Gasteiger partial charge in [-0.1, -0.05) is 12.1 Å². The van der Waals surface area contributed by atoms with Crippen LogP contribution in [0, 0.1) is 5.82 Å². The van der Waals surface area contributed by atoms with E-state index in [0.717, 1.165) is 16.9 Å². The lowest BCUT2D eigenvalue weighted by atomic mass is 10.1. The van der Waals surface area contributed by atoms with Crippen LogP contribution in [0.5, 0.6) is 0 Å². The average Bonchev–Trinajstić information content (AvgIpc) is 2.82. The topological polar surface area (TPSA) is 68.8 Å². The summed E-state index contributed by atoms with van der Waals surface area (Å²) in [7, 11) is 1.95. The van der Waals surface area contributed by atoms with Crippen LogP contribution in [-0.4, -0.2) is 14.5 Å². The van der Waals surface area contributed by atoms with Crippen LogP contribution >= 0.6 is 0 Å².